The first kappa shape index (κ1) is 8.90. The third-order valence-electron chi connectivity index (χ3n) is 1.54. The molecule has 1 nitrogen and oxygen atoms in total. The van der Waals surface area contributed by atoms with Gasteiger partial charge in [0.05, 0.1) is 5.56 Å². The number of phenols is 1. The van der Waals surface area contributed by atoms with E-state index in [4.69, 9.17) is 5.11 Å². The molecule has 0 fully saturated rings. The van der Waals surface area contributed by atoms with Gasteiger partial charge in [-0.25, -0.2) is 0 Å². The first-order valence-electron chi connectivity index (χ1n) is 3.28. The Bertz CT molecular complexity index is 291. The van der Waals surface area contributed by atoms with Gasteiger partial charge in [-0.3, -0.25) is 0 Å². The summed E-state index contributed by atoms with van der Waals surface area (Å²) in [6.45, 7) is 1.42. The summed E-state index contributed by atoms with van der Waals surface area (Å²) in [5, 5.41) is 9.01. The molecule has 1 aromatic rings. The number of alkyl halides is 3. The molecule has 1 N–H and O–H groups in total. The fourth-order valence-electron chi connectivity index (χ4n) is 0.888. The summed E-state index contributed by atoms with van der Waals surface area (Å²) in [6, 6.07) is 3.53. The molecule has 0 radical (unpaired) electrons. The normalized spacial score (nSPS) is 11.7. The average Bonchev–Trinajstić information content (AvgIpc) is 1.92. The Morgan fingerprint density at radius 1 is 1.25 bits per heavy atom. The average molecular weight is 176 g/mol. The maximum atomic E-state index is 12.1. The Morgan fingerprint density at radius 3 is 2.25 bits per heavy atom. The number of rotatable bonds is 0. The second kappa shape index (κ2) is 2.69. The van der Waals surface area contributed by atoms with E-state index in [1.807, 2.05) is 0 Å². The number of halogens is 3. The number of phenolic OH excluding ortho intramolecular Hbond substituents is 1. The molecule has 0 saturated carbocycles. The van der Waals surface area contributed by atoms with Crippen LogP contribution >= 0.6 is 0 Å². The smallest absolute Gasteiger partial charge is 0.419 e. The molecule has 66 valence electrons. The van der Waals surface area contributed by atoms with E-state index in [0.717, 1.165) is 6.07 Å². The van der Waals surface area contributed by atoms with Crippen LogP contribution in [0.25, 0.3) is 0 Å². The topological polar surface area (TPSA) is 20.2 Å². The zero-order chi connectivity index (χ0) is 9.35. The molecule has 0 aliphatic heterocycles. The quantitative estimate of drug-likeness (QED) is 0.644. The van der Waals surface area contributed by atoms with E-state index < -0.39 is 17.5 Å². The Morgan fingerprint density at radius 2 is 1.83 bits per heavy atom. The lowest BCUT2D eigenvalue weighted by atomic mass is 10.1. The van der Waals surface area contributed by atoms with E-state index in [9.17, 15) is 13.2 Å². The molecule has 0 aliphatic carbocycles. The molecule has 0 aliphatic rings. The summed E-state index contributed by atoms with van der Waals surface area (Å²) in [4.78, 5) is 0. The second-order valence-electron chi connectivity index (χ2n) is 2.47. The maximum Gasteiger partial charge on any atom is 0.419 e. The number of aryl methyl sites for hydroxylation is 1. The van der Waals surface area contributed by atoms with Gasteiger partial charge in [0.1, 0.15) is 5.75 Å². The highest BCUT2D eigenvalue weighted by Gasteiger charge is 2.33. The minimum atomic E-state index is -4.48. The summed E-state index contributed by atoms with van der Waals surface area (Å²) in [7, 11) is 0. The highest BCUT2D eigenvalue weighted by atomic mass is 19.4. The van der Waals surface area contributed by atoms with Crippen molar-refractivity contribution in [2.45, 2.75) is 13.1 Å². The molecule has 0 saturated heterocycles. The predicted molar refractivity (Wildman–Crippen MR) is 37.8 cm³/mol. The largest absolute Gasteiger partial charge is 0.507 e. The van der Waals surface area contributed by atoms with Gasteiger partial charge < -0.3 is 5.11 Å². The molecule has 0 amide bonds. The minimum absolute atomic E-state index is 0.227. The summed E-state index contributed by atoms with van der Waals surface area (Å²) >= 11 is 0. The lowest BCUT2D eigenvalue weighted by Gasteiger charge is -2.09. The zero-order valence-corrected chi connectivity index (χ0v) is 6.31. The van der Waals surface area contributed by atoms with Crippen molar-refractivity contribution < 1.29 is 18.3 Å². The molecule has 1 aromatic carbocycles. The van der Waals surface area contributed by atoms with Crippen molar-refractivity contribution in [2.75, 3.05) is 0 Å². The fraction of sp³-hybridized carbons (Fsp3) is 0.250. The standard InChI is InChI=1S/C8H7F3O/c1-5-3-2-4-6(7(5)12)8(9,10)11/h2-4,12H,1H3. The first-order chi connectivity index (χ1) is 5.43. The monoisotopic (exact) mass is 176 g/mol. The number of hydrogen-bond acceptors (Lipinski definition) is 1. The zero-order valence-electron chi connectivity index (χ0n) is 6.31. The van der Waals surface area contributed by atoms with Crippen LogP contribution in [-0.2, 0) is 6.18 Å². The van der Waals surface area contributed by atoms with Gasteiger partial charge in [0, 0.05) is 0 Å². The Kier molecular flexibility index (Phi) is 2.00. The number of hydrogen-bond donors (Lipinski definition) is 1. The highest BCUT2D eigenvalue weighted by molar-refractivity contribution is 5.40. The Labute approximate surface area is 67.5 Å². The second-order valence-corrected chi connectivity index (χ2v) is 2.47. The number of para-hydroxylation sites is 1. The molecule has 0 unspecified atom stereocenters. The van der Waals surface area contributed by atoms with E-state index in [1.54, 1.807) is 0 Å². The molecule has 0 atom stereocenters. The third kappa shape index (κ3) is 1.52. The van der Waals surface area contributed by atoms with E-state index in [0.29, 0.717) is 0 Å². The van der Waals surface area contributed by atoms with Crippen molar-refractivity contribution >= 4 is 0 Å². The summed E-state index contributed by atoms with van der Waals surface area (Å²) in [5.41, 5.74) is -0.757. The number of benzene rings is 1. The molecule has 12 heavy (non-hydrogen) atoms. The Hall–Kier alpha value is -1.19. The first-order valence-corrected chi connectivity index (χ1v) is 3.28. The molecule has 0 aromatic heterocycles. The van der Waals surface area contributed by atoms with Gasteiger partial charge in [0.25, 0.3) is 0 Å². The van der Waals surface area contributed by atoms with Gasteiger partial charge in [0.2, 0.25) is 0 Å². The van der Waals surface area contributed by atoms with Crippen molar-refractivity contribution in [2.24, 2.45) is 0 Å². The van der Waals surface area contributed by atoms with E-state index >= 15 is 0 Å². The van der Waals surface area contributed by atoms with Crippen LogP contribution in [0.2, 0.25) is 0 Å². The molecule has 0 spiro atoms. The van der Waals surface area contributed by atoms with Crippen molar-refractivity contribution in [1.29, 1.82) is 0 Å². The van der Waals surface area contributed by atoms with Gasteiger partial charge in [-0.05, 0) is 18.6 Å². The highest BCUT2D eigenvalue weighted by Crippen LogP contribution is 2.36. The molecule has 1 rings (SSSR count). The van der Waals surface area contributed by atoms with Crippen molar-refractivity contribution in [3.8, 4) is 5.75 Å². The van der Waals surface area contributed by atoms with Crippen LogP contribution in [-0.4, -0.2) is 5.11 Å². The van der Waals surface area contributed by atoms with E-state index in [1.165, 1.54) is 19.1 Å². The predicted octanol–water partition coefficient (Wildman–Crippen LogP) is 2.72. The van der Waals surface area contributed by atoms with Gasteiger partial charge >= 0.3 is 6.18 Å². The van der Waals surface area contributed by atoms with Crippen molar-refractivity contribution in [3.05, 3.63) is 29.3 Å². The molecule has 4 heteroatoms. The van der Waals surface area contributed by atoms with E-state index in [-0.39, 0.29) is 5.56 Å². The van der Waals surface area contributed by atoms with Gasteiger partial charge in [-0.15, -0.1) is 0 Å². The van der Waals surface area contributed by atoms with Gasteiger partial charge in [-0.1, -0.05) is 12.1 Å². The molecule has 0 heterocycles. The molecular weight excluding hydrogens is 169 g/mol. The van der Waals surface area contributed by atoms with Crippen molar-refractivity contribution in [1.82, 2.24) is 0 Å². The van der Waals surface area contributed by atoms with Crippen LogP contribution in [0.15, 0.2) is 18.2 Å². The Balaban J connectivity index is 3.26. The van der Waals surface area contributed by atoms with Gasteiger partial charge in [-0.2, -0.15) is 13.2 Å². The van der Waals surface area contributed by atoms with Crippen molar-refractivity contribution in [3.63, 3.8) is 0 Å². The molecule has 0 bridgehead atoms. The van der Waals surface area contributed by atoms with Crippen LogP contribution in [0, 0.1) is 6.92 Å². The van der Waals surface area contributed by atoms with Crippen LogP contribution in [0.1, 0.15) is 11.1 Å². The maximum absolute atomic E-state index is 12.1. The summed E-state index contributed by atoms with van der Waals surface area (Å²) in [6.07, 6.45) is -4.48. The minimum Gasteiger partial charge on any atom is -0.507 e. The van der Waals surface area contributed by atoms with Crippen LogP contribution < -0.4 is 0 Å². The molecular formula is C8H7F3O. The third-order valence-corrected chi connectivity index (χ3v) is 1.54. The lowest BCUT2D eigenvalue weighted by molar-refractivity contribution is -0.138. The van der Waals surface area contributed by atoms with E-state index in [2.05, 4.69) is 0 Å². The fourth-order valence-corrected chi connectivity index (χ4v) is 0.888. The SMILES string of the molecule is Cc1cccc(C(F)(F)F)c1O. The van der Waals surface area contributed by atoms with Crippen LogP contribution in [0.5, 0.6) is 5.75 Å². The summed E-state index contributed by atoms with van der Waals surface area (Å²) < 4.78 is 36.2. The van der Waals surface area contributed by atoms with Crippen LogP contribution in [0.4, 0.5) is 13.2 Å². The summed E-state index contributed by atoms with van der Waals surface area (Å²) in [5.74, 6) is -0.690. The number of aromatic hydroxyl groups is 1. The lowest BCUT2D eigenvalue weighted by Crippen LogP contribution is -2.05. The van der Waals surface area contributed by atoms with Crippen LogP contribution in [0.3, 0.4) is 0 Å². The van der Waals surface area contributed by atoms with Gasteiger partial charge in [0.15, 0.2) is 0 Å².